The Morgan fingerprint density at radius 1 is 1.25 bits per heavy atom. The van der Waals surface area contributed by atoms with Crippen LogP contribution >= 0.6 is 0 Å². The molecule has 1 amide bonds. The number of amides is 1. The molecule has 0 saturated carbocycles. The van der Waals surface area contributed by atoms with Gasteiger partial charge in [-0.15, -0.1) is 0 Å². The molecule has 2 rings (SSSR count). The maximum atomic E-state index is 12.4. The summed E-state index contributed by atoms with van der Waals surface area (Å²) < 4.78 is 0. The number of hydrogen-bond acceptors (Lipinski definition) is 5. The summed E-state index contributed by atoms with van der Waals surface area (Å²) in [7, 11) is 0. The Morgan fingerprint density at radius 3 is 2.50 bits per heavy atom. The molecule has 0 radical (unpaired) electrons. The number of aliphatic hydroxyl groups excluding tert-OH is 2. The highest BCUT2D eigenvalue weighted by atomic mass is 16.3. The van der Waals surface area contributed by atoms with E-state index in [-0.39, 0.29) is 18.0 Å². The van der Waals surface area contributed by atoms with Crippen molar-refractivity contribution in [1.82, 2.24) is 10.2 Å². The summed E-state index contributed by atoms with van der Waals surface area (Å²) in [4.78, 5) is 25.9. The summed E-state index contributed by atoms with van der Waals surface area (Å²) >= 11 is 0. The van der Waals surface area contributed by atoms with Crippen molar-refractivity contribution in [2.24, 2.45) is 0 Å². The molecule has 1 aromatic rings. The normalized spacial score (nSPS) is 17.7. The molecular formula is C18H24N2O4. The van der Waals surface area contributed by atoms with Gasteiger partial charge in [0.25, 0.3) is 5.91 Å². The molecule has 0 aliphatic carbocycles. The lowest BCUT2D eigenvalue weighted by atomic mass is 9.96. The zero-order valence-corrected chi connectivity index (χ0v) is 14.1. The van der Waals surface area contributed by atoms with E-state index in [1.807, 2.05) is 31.2 Å². The van der Waals surface area contributed by atoms with Crippen molar-refractivity contribution in [3.05, 3.63) is 46.7 Å². The fraction of sp³-hybridized carbons (Fsp3) is 0.444. The molecular weight excluding hydrogens is 308 g/mol. The molecule has 6 nitrogen and oxygen atoms in total. The van der Waals surface area contributed by atoms with Crippen LogP contribution in [0.3, 0.4) is 0 Å². The maximum Gasteiger partial charge on any atom is 0.290 e. The Labute approximate surface area is 141 Å². The lowest BCUT2D eigenvalue weighted by Gasteiger charge is -2.26. The number of aliphatic hydroxyl groups is 2. The van der Waals surface area contributed by atoms with Gasteiger partial charge in [-0.25, -0.2) is 0 Å². The lowest BCUT2D eigenvalue weighted by Crippen LogP contribution is -2.33. The van der Waals surface area contributed by atoms with Gasteiger partial charge in [-0.05, 0) is 32.4 Å². The Kier molecular flexibility index (Phi) is 6.11. The molecule has 1 aliphatic rings. The van der Waals surface area contributed by atoms with Crippen molar-refractivity contribution < 1.29 is 19.8 Å². The Morgan fingerprint density at radius 2 is 1.92 bits per heavy atom. The predicted molar refractivity (Wildman–Crippen MR) is 90.5 cm³/mol. The van der Waals surface area contributed by atoms with E-state index in [1.165, 1.54) is 11.8 Å². The number of ketones is 1. The number of nitrogens with zero attached hydrogens (tertiary/aromatic N) is 1. The van der Waals surface area contributed by atoms with Crippen LogP contribution in [-0.4, -0.2) is 53.0 Å². The number of aryl methyl sites for hydroxylation is 1. The summed E-state index contributed by atoms with van der Waals surface area (Å²) in [6.07, 6.45) is 0.659. The number of rotatable bonds is 8. The summed E-state index contributed by atoms with van der Waals surface area (Å²) in [6, 6.07) is 7.06. The minimum Gasteiger partial charge on any atom is -0.503 e. The van der Waals surface area contributed by atoms with Crippen LogP contribution in [-0.2, 0) is 9.59 Å². The van der Waals surface area contributed by atoms with E-state index < -0.39 is 17.7 Å². The molecule has 24 heavy (non-hydrogen) atoms. The van der Waals surface area contributed by atoms with E-state index >= 15 is 0 Å². The van der Waals surface area contributed by atoms with Crippen LogP contribution in [0.5, 0.6) is 0 Å². The molecule has 0 spiro atoms. The van der Waals surface area contributed by atoms with Gasteiger partial charge >= 0.3 is 0 Å². The second-order valence-corrected chi connectivity index (χ2v) is 5.96. The second kappa shape index (κ2) is 8.08. The largest absolute Gasteiger partial charge is 0.503 e. The molecule has 0 saturated heterocycles. The molecule has 0 bridgehead atoms. The Balaban J connectivity index is 2.23. The average Bonchev–Trinajstić information content (AvgIpc) is 2.80. The first-order chi connectivity index (χ1) is 11.5. The zero-order valence-electron chi connectivity index (χ0n) is 14.1. The first-order valence-corrected chi connectivity index (χ1v) is 8.10. The van der Waals surface area contributed by atoms with E-state index in [0.717, 1.165) is 11.1 Å². The van der Waals surface area contributed by atoms with Crippen molar-refractivity contribution in [2.75, 3.05) is 26.2 Å². The van der Waals surface area contributed by atoms with Crippen molar-refractivity contribution in [3.8, 4) is 0 Å². The van der Waals surface area contributed by atoms with Gasteiger partial charge in [0.05, 0.1) is 18.2 Å². The molecule has 1 heterocycles. The molecule has 1 aromatic carbocycles. The Hall–Kier alpha value is -2.18. The van der Waals surface area contributed by atoms with Crippen LogP contribution in [0.25, 0.3) is 0 Å². The summed E-state index contributed by atoms with van der Waals surface area (Å²) in [5.41, 5.74) is 2.05. The fourth-order valence-corrected chi connectivity index (χ4v) is 2.92. The molecule has 130 valence electrons. The van der Waals surface area contributed by atoms with Crippen LogP contribution in [0.2, 0.25) is 0 Å². The minimum atomic E-state index is -0.548. The molecule has 0 unspecified atom stereocenters. The number of nitrogens with one attached hydrogen (secondary N) is 1. The zero-order chi connectivity index (χ0) is 17.7. The minimum absolute atomic E-state index is 0.0610. The van der Waals surface area contributed by atoms with Crippen LogP contribution in [0, 0.1) is 6.92 Å². The van der Waals surface area contributed by atoms with Crippen molar-refractivity contribution in [1.29, 1.82) is 0 Å². The third-order valence-corrected chi connectivity index (χ3v) is 4.12. The maximum absolute atomic E-state index is 12.4. The first-order valence-electron chi connectivity index (χ1n) is 8.10. The average molecular weight is 332 g/mol. The molecule has 0 aromatic heterocycles. The second-order valence-electron chi connectivity index (χ2n) is 5.96. The monoisotopic (exact) mass is 332 g/mol. The van der Waals surface area contributed by atoms with E-state index in [2.05, 4.69) is 5.32 Å². The highest BCUT2D eigenvalue weighted by molar-refractivity contribution is 6.08. The predicted octanol–water partition coefficient (Wildman–Crippen LogP) is 1.25. The van der Waals surface area contributed by atoms with Gasteiger partial charge in [-0.1, -0.05) is 29.8 Å². The van der Waals surface area contributed by atoms with Crippen LogP contribution in [0.1, 0.15) is 30.5 Å². The van der Waals surface area contributed by atoms with E-state index in [9.17, 15) is 14.7 Å². The number of Topliss-reactive ketones (excluding diaryl/α,β-unsaturated/α-hetero) is 1. The highest BCUT2D eigenvalue weighted by Crippen LogP contribution is 2.37. The van der Waals surface area contributed by atoms with Crippen LogP contribution in [0.4, 0.5) is 0 Å². The topological polar surface area (TPSA) is 89.9 Å². The van der Waals surface area contributed by atoms with Crippen molar-refractivity contribution in [2.45, 2.75) is 26.3 Å². The van der Waals surface area contributed by atoms with E-state index in [1.54, 1.807) is 0 Å². The number of carbonyl (C=O) groups excluding carboxylic acids is 2. The number of carbonyl (C=O) groups is 2. The summed E-state index contributed by atoms with van der Waals surface area (Å²) in [5.74, 6) is -1.25. The van der Waals surface area contributed by atoms with E-state index in [4.69, 9.17) is 5.11 Å². The van der Waals surface area contributed by atoms with E-state index in [0.29, 0.717) is 26.1 Å². The smallest absolute Gasteiger partial charge is 0.290 e. The molecule has 1 aliphatic heterocycles. The summed E-state index contributed by atoms with van der Waals surface area (Å²) in [5, 5.41) is 22.0. The van der Waals surface area contributed by atoms with Gasteiger partial charge in [0.15, 0.2) is 11.5 Å². The Bertz CT molecular complexity index is 637. The van der Waals surface area contributed by atoms with Crippen LogP contribution < -0.4 is 5.32 Å². The third-order valence-electron chi connectivity index (χ3n) is 4.12. The third kappa shape index (κ3) is 3.83. The number of benzene rings is 1. The van der Waals surface area contributed by atoms with Gasteiger partial charge in [-0.2, -0.15) is 0 Å². The van der Waals surface area contributed by atoms with Gasteiger partial charge in [0, 0.05) is 13.1 Å². The van der Waals surface area contributed by atoms with Gasteiger partial charge in [-0.3, -0.25) is 9.59 Å². The molecule has 6 heteroatoms. The molecule has 3 N–H and O–H groups in total. The lowest BCUT2D eigenvalue weighted by molar-refractivity contribution is -0.129. The summed E-state index contributed by atoms with van der Waals surface area (Å²) in [6.45, 7) is 4.94. The first kappa shape index (κ1) is 18.2. The number of hydrogen-bond donors (Lipinski definition) is 3. The van der Waals surface area contributed by atoms with Crippen LogP contribution in [0.15, 0.2) is 35.6 Å². The van der Waals surface area contributed by atoms with Gasteiger partial charge < -0.3 is 20.4 Å². The quantitative estimate of drug-likeness (QED) is 0.624. The van der Waals surface area contributed by atoms with Crippen molar-refractivity contribution >= 4 is 11.7 Å². The molecule has 0 fully saturated rings. The highest BCUT2D eigenvalue weighted by Gasteiger charge is 2.41. The van der Waals surface area contributed by atoms with Gasteiger partial charge in [0.1, 0.15) is 0 Å². The van der Waals surface area contributed by atoms with Gasteiger partial charge in [0.2, 0.25) is 0 Å². The van der Waals surface area contributed by atoms with Crippen molar-refractivity contribution in [3.63, 3.8) is 0 Å². The standard InChI is InChI=1S/C18H24N2O4/c1-12-4-6-14(7-5-12)16-15(13(2)22)17(23)18(24)20(16)10-3-8-19-9-11-21/h4-7,16,19,21,23H,3,8-11H2,1-2H3/t16-/m0/s1. The SMILES string of the molecule is CC(=O)C1=C(O)C(=O)N(CCCNCCO)[C@H]1c1ccc(C)cc1. The molecule has 1 atom stereocenters. The fourth-order valence-electron chi connectivity index (χ4n) is 2.92.